The number of urea groups is 1. The molecule has 0 saturated carbocycles. The summed E-state index contributed by atoms with van der Waals surface area (Å²) in [5.41, 5.74) is 12.1. The van der Waals surface area contributed by atoms with Gasteiger partial charge in [-0.1, -0.05) is 92.9 Å². The van der Waals surface area contributed by atoms with Crippen LogP contribution in [0.1, 0.15) is 189 Å². The van der Waals surface area contributed by atoms with Crippen LogP contribution in [0.3, 0.4) is 0 Å². The number of amides is 12. The van der Waals surface area contributed by atoms with Crippen LogP contribution in [-0.4, -0.2) is 166 Å². The highest BCUT2D eigenvalue weighted by Crippen LogP contribution is 2.36. The van der Waals surface area contributed by atoms with Crippen LogP contribution < -0.4 is 48.5 Å². The van der Waals surface area contributed by atoms with E-state index in [0.29, 0.717) is 91.9 Å². The van der Waals surface area contributed by atoms with Gasteiger partial charge >= 0.3 is 12.1 Å². The number of carbonyl (C=O) groups is 11. The molecule has 3 heterocycles. The van der Waals surface area contributed by atoms with E-state index in [9.17, 15) is 57.8 Å². The quantitative estimate of drug-likeness (QED) is 0.0174. The van der Waals surface area contributed by atoms with Crippen LogP contribution in [0.5, 0.6) is 5.75 Å². The number of aromatic nitrogens is 1. The minimum absolute atomic E-state index is 0.00962. The zero-order valence-corrected chi connectivity index (χ0v) is 58.3. The van der Waals surface area contributed by atoms with Gasteiger partial charge in [-0.05, 0) is 137 Å². The number of rotatable bonds is 36. The second kappa shape index (κ2) is 38.4. The lowest BCUT2D eigenvalue weighted by Gasteiger charge is -2.40. The Bertz CT molecular complexity index is 3220. The number of nitrogens with two attached hydrogens (primary N) is 1. The second-order valence-corrected chi connectivity index (χ2v) is 26.9. The Hall–Kier alpha value is -8.50. The number of piperidine rings is 1. The van der Waals surface area contributed by atoms with Crippen LogP contribution in [-0.2, 0) is 60.9 Å². The molecule has 28 heteroatoms. The first-order valence-electron chi connectivity index (χ1n) is 34.1. The Kier molecular flexibility index (Phi) is 30.7. The van der Waals surface area contributed by atoms with E-state index in [-0.39, 0.29) is 110 Å². The Morgan fingerprint density at radius 2 is 1.56 bits per heavy atom. The lowest BCUT2D eigenvalue weighted by molar-refractivity contribution is -0.143. The van der Waals surface area contributed by atoms with Crippen molar-refractivity contribution in [1.82, 2.24) is 57.1 Å². The molecule has 532 valence electrons. The number of nitrogens with one attached hydrogen (secondary N) is 8. The average Bonchev–Trinajstić information content (AvgIpc) is 1.26. The van der Waals surface area contributed by atoms with Crippen molar-refractivity contribution in [3.05, 3.63) is 87.4 Å². The highest BCUT2D eigenvalue weighted by atomic mass is 32.1. The third-order valence-corrected chi connectivity index (χ3v) is 18.8. The van der Waals surface area contributed by atoms with Crippen molar-refractivity contribution in [2.75, 3.05) is 45.2 Å². The maximum Gasteiger partial charge on any atom is 0.426 e. The largest absolute Gasteiger partial charge is 0.508 e. The Morgan fingerprint density at radius 1 is 0.825 bits per heavy atom. The molecule has 0 unspecified atom stereocenters. The van der Waals surface area contributed by atoms with Gasteiger partial charge in [0.05, 0.1) is 12.0 Å². The van der Waals surface area contributed by atoms with Crippen LogP contribution in [0.2, 0.25) is 0 Å². The number of primary amides is 1. The molecular weight excluding hydrogens is 1270 g/mol. The molecule has 1 fully saturated rings. The van der Waals surface area contributed by atoms with Gasteiger partial charge in [-0.3, -0.25) is 58.4 Å². The predicted octanol–water partition coefficient (Wildman–Crippen LogP) is 6.27. The number of carbonyl (C=O) groups excluding carboxylic acids is 11. The molecule has 1 saturated heterocycles. The molecule has 3 aromatic rings. The number of aromatic hydroxyl groups is 1. The summed E-state index contributed by atoms with van der Waals surface area (Å²) in [6.07, 6.45) is 8.40. The van der Waals surface area contributed by atoms with Gasteiger partial charge in [-0.25, -0.2) is 20.0 Å². The van der Waals surface area contributed by atoms with Crippen LogP contribution in [0, 0.1) is 17.8 Å². The fraction of sp³-hybridized carbons (Fsp3) is 0.594. The number of hydrogen-bond acceptors (Lipinski definition) is 17. The van der Waals surface area contributed by atoms with Crippen LogP contribution in [0.25, 0.3) is 0 Å². The molecular formula is C69H101N13O14S. The molecule has 6 rings (SSSR count). The normalized spacial score (nSPS) is 18.0. The molecule has 12 amide bonds. The third-order valence-electron chi connectivity index (χ3n) is 17.9. The van der Waals surface area contributed by atoms with Crippen LogP contribution in [0.4, 0.5) is 15.3 Å². The van der Waals surface area contributed by atoms with Crippen LogP contribution in [0.15, 0.2) is 60.0 Å². The van der Waals surface area contributed by atoms with Crippen LogP contribution >= 0.6 is 11.3 Å². The number of phenolic OH excluding ortho intramolecular Hbond substituents is 1. The van der Waals surface area contributed by atoms with Gasteiger partial charge in [-0.15, -0.1) is 11.3 Å². The Balaban J connectivity index is 1.03. The second-order valence-electron chi connectivity index (χ2n) is 26.1. The monoisotopic (exact) mass is 1370 g/mol. The smallest absolute Gasteiger partial charge is 0.426 e. The van der Waals surface area contributed by atoms with Crippen molar-refractivity contribution in [1.29, 1.82) is 0 Å². The number of unbranched alkanes of at least 4 members (excludes halogenated alkanes) is 2. The van der Waals surface area contributed by atoms with E-state index >= 15 is 0 Å². The number of anilines is 1. The molecule has 2 aromatic carbocycles. The van der Waals surface area contributed by atoms with E-state index in [1.54, 1.807) is 49.6 Å². The first-order chi connectivity index (χ1) is 46.3. The summed E-state index contributed by atoms with van der Waals surface area (Å²) < 4.78 is 11.9. The number of ether oxygens (including phenoxy) is 2. The summed E-state index contributed by atoms with van der Waals surface area (Å²) >= 11 is 1.28. The molecule has 1 aromatic heterocycles. The first-order valence-corrected chi connectivity index (χ1v) is 35.0. The maximum atomic E-state index is 14.9. The molecule has 2 aliphatic heterocycles. The van der Waals surface area contributed by atoms with E-state index in [4.69, 9.17) is 20.2 Å². The van der Waals surface area contributed by atoms with Gasteiger partial charge in [0.25, 0.3) is 17.7 Å². The van der Waals surface area contributed by atoms with E-state index < -0.39 is 77.8 Å². The zero-order valence-electron chi connectivity index (χ0n) is 57.5. The van der Waals surface area contributed by atoms with Gasteiger partial charge in [0, 0.05) is 74.4 Å². The molecule has 3 aliphatic rings. The van der Waals surface area contributed by atoms with Crippen molar-refractivity contribution in [2.45, 2.75) is 207 Å². The molecule has 0 bridgehead atoms. The Labute approximate surface area is 572 Å². The number of fused-ring (bicyclic) bond motifs is 1. The SMILES string of the molecule is CCCO[C@H](C[C@H](C(C)C)N(CCC)C(=O)[C@@H](NC(=O)[C@H]1CCCCN1C)[C@@H](C)CC)c1nc(C(=O)N[C@H]2Cc3ccc(O)cc3[C@H](C(=O)NNC(=O)OCc3ccc(NC(=O)[C@@H](CCCNC(N)=O)NC(=O)[C@H](NC(=O)CCCCCN4C(=O)C=CC4=O)C(C)C)cc3)C2)cs1. The van der Waals surface area contributed by atoms with Gasteiger partial charge in [0.1, 0.15) is 47.3 Å². The minimum Gasteiger partial charge on any atom is -0.508 e. The number of thiazole rings is 1. The predicted molar refractivity (Wildman–Crippen MR) is 365 cm³/mol. The first kappa shape index (κ1) is 77.5. The van der Waals surface area contributed by atoms with Crippen molar-refractivity contribution < 1.29 is 67.3 Å². The molecule has 0 radical (unpaired) electrons. The summed E-state index contributed by atoms with van der Waals surface area (Å²) in [5.74, 6) is -5.24. The maximum absolute atomic E-state index is 14.9. The topological polar surface area (TPSA) is 371 Å². The molecule has 9 atom stereocenters. The van der Waals surface area contributed by atoms with Crippen molar-refractivity contribution in [2.24, 2.45) is 23.5 Å². The summed E-state index contributed by atoms with van der Waals surface area (Å²) in [4.78, 5) is 155. The molecule has 0 spiro atoms. The highest BCUT2D eigenvalue weighted by molar-refractivity contribution is 7.09. The summed E-state index contributed by atoms with van der Waals surface area (Å²) in [6, 6.07) is 6.15. The number of nitrogens with zero attached hydrogens (tertiary/aromatic N) is 4. The number of benzene rings is 2. The van der Waals surface area contributed by atoms with Crippen molar-refractivity contribution in [3.8, 4) is 5.75 Å². The number of imide groups is 1. The number of hydrogen-bond donors (Lipinski definition) is 10. The fourth-order valence-electron chi connectivity index (χ4n) is 12.2. The summed E-state index contributed by atoms with van der Waals surface area (Å²) in [5, 5.41) is 29.7. The van der Waals surface area contributed by atoms with Crippen molar-refractivity contribution in [3.63, 3.8) is 0 Å². The van der Waals surface area contributed by atoms with Gasteiger partial charge < -0.3 is 57.1 Å². The fourth-order valence-corrected chi connectivity index (χ4v) is 13.1. The number of hydrazine groups is 1. The highest BCUT2D eigenvalue weighted by Gasteiger charge is 2.40. The summed E-state index contributed by atoms with van der Waals surface area (Å²) in [6.45, 7) is 17.5. The molecule has 1 aliphatic carbocycles. The number of phenols is 1. The standard InChI is InChI=1S/C69H101N13O14S/c1-10-31-81(67(92)60(43(8)12-3)77-64(90)53-20-15-17-32-80(53)9)54(41(4)5)38-55(95-34-11-2)66-75-52(40-97-66)63(89)73-47-35-45-24-27-48(83)37-49(45)50(36-47)61(87)78-79-69(94)96-39-44-22-25-46(26-23-44)72-62(88)51(19-18-30-71-68(70)93)74-65(91)59(42(6)7)76-56(84)21-14-13-16-33-82-57(85)28-29-58(82)86/h22-29,37,40-43,47,50-51,53-55,59-60,83H,10-21,30-36,38-39H2,1-9H3,(H,72,88)(H,73,89)(H,74,91)(H,76,84)(H,77,90)(H,78,87)(H,79,94)(H3,70,71,93)/t43-,47-,50+,51+,53+,54+,55+,59+,60-/m0/s1. The van der Waals surface area contributed by atoms with Gasteiger partial charge in [0.2, 0.25) is 35.4 Å². The number of likely N-dealkylation sites (tertiary alicyclic amines) is 1. The average molecular weight is 1370 g/mol. The zero-order chi connectivity index (χ0) is 70.9. The molecule has 27 nitrogen and oxygen atoms in total. The van der Waals surface area contributed by atoms with E-state index in [1.807, 2.05) is 39.6 Å². The molecule has 97 heavy (non-hydrogen) atoms. The minimum atomic E-state index is -1.11. The van der Waals surface area contributed by atoms with Gasteiger partial charge in [0.15, 0.2) is 0 Å². The Morgan fingerprint density at radius 3 is 2.22 bits per heavy atom. The van der Waals surface area contributed by atoms with E-state index in [2.05, 4.69) is 61.5 Å². The lowest BCUT2D eigenvalue weighted by atomic mass is 9.79. The third kappa shape index (κ3) is 23.4. The summed E-state index contributed by atoms with van der Waals surface area (Å²) in [7, 11) is 1.95. The van der Waals surface area contributed by atoms with E-state index in [1.165, 1.54) is 35.6 Å². The lowest BCUT2D eigenvalue weighted by Crippen LogP contribution is -2.58. The van der Waals surface area contributed by atoms with Crippen molar-refractivity contribution >= 4 is 82.3 Å². The van der Waals surface area contributed by atoms with Gasteiger partial charge in [-0.2, -0.15) is 0 Å². The number of likely N-dealkylation sites (N-methyl/N-ethyl adjacent to an activating group) is 1. The van der Waals surface area contributed by atoms with E-state index in [0.717, 1.165) is 30.7 Å². The molecule has 11 N–H and O–H groups in total.